The molecule has 1 unspecified atom stereocenters. The van der Waals surface area contributed by atoms with Gasteiger partial charge in [-0.3, -0.25) is 0 Å². The Morgan fingerprint density at radius 3 is 2.71 bits per heavy atom. The number of hydrogen-bond acceptors (Lipinski definition) is 4. The quantitative estimate of drug-likeness (QED) is 0.842. The van der Waals surface area contributed by atoms with Gasteiger partial charge in [-0.2, -0.15) is 0 Å². The molecule has 130 valence electrons. The van der Waals surface area contributed by atoms with E-state index in [4.69, 9.17) is 4.74 Å². The van der Waals surface area contributed by atoms with Crippen molar-refractivity contribution in [1.82, 2.24) is 10.0 Å². The van der Waals surface area contributed by atoms with Crippen LogP contribution in [-0.2, 0) is 10.0 Å². The third-order valence-corrected chi connectivity index (χ3v) is 6.12. The lowest BCUT2D eigenvalue weighted by atomic mass is 9.96. The summed E-state index contributed by atoms with van der Waals surface area (Å²) in [6.45, 7) is 2.52. The van der Waals surface area contributed by atoms with E-state index in [1.807, 2.05) is 24.3 Å². The van der Waals surface area contributed by atoms with Gasteiger partial charge in [-0.15, -0.1) is 0 Å². The molecular formula is C18H24N2O3S. The highest BCUT2D eigenvalue weighted by molar-refractivity contribution is 7.89. The number of benzene rings is 2. The fraction of sp³-hybridized carbons (Fsp3) is 0.444. The molecule has 0 radical (unpaired) electrons. The summed E-state index contributed by atoms with van der Waals surface area (Å²) < 4.78 is 33.5. The van der Waals surface area contributed by atoms with Crippen molar-refractivity contribution in [3.8, 4) is 5.75 Å². The number of methoxy groups -OCH3 is 1. The Kier molecular flexibility index (Phi) is 5.38. The summed E-state index contributed by atoms with van der Waals surface area (Å²) in [6.07, 6.45) is 3.20. The molecule has 1 saturated heterocycles. The molecular weight excluding hydrogens is 324 g/mol. The van der Waals surface area contributed by atoms with Gasteiger partial charge in [-0.05, 0) is 50.4 Å². The average Bonchev–Trinajstić information content (AvgIpc) is 2.61. The van der Waals surface area contributed by atoms with E-state index < -0.39 is 10.0 Å². The van der Waals surface area contributed by atoms with Crippen molar-refractivity contribution >= 4 is 20.8 Å². The number of ether oxygens (including phenoxy) is 1. The molecule has 3 rings (SSSR count). The number of piperidine rings is 1. The van der Waals surface area contributed by atoms with Crippen LogP contribution in [0.3, 0.4) is 0 Å². The van der Waals surface area contributed by atoms with Crippen LogP contribution >= 0.6 is 0 Å². The summed E-state index contributed by atoms with van der Waals surface area (Å²) in [7, 11) is -1.95. The predicted molar refractivity (Wildman–Crippen MR) is 95.9 cm³/mol. The molecule has 0 aliphatic carbocycles. The van der Waals surface area contributed by atoms with Gasteiger partial charge in [0.2, 0.25) is 10.0 Å². The molecule has 1 aliphatic rings. The Balaban J connectivity index is 1.78. The summed E-state index contributed by atoms with van der Waals surface area (Å²) in [4.78, 5) is 0.306. The van der Waals surface area contributed by atoms with Gasteiger partial charge in [-0.25, -0.2) is 13.1 Å². The second-order valence-electron chi connectivity index (χ2n) is 6.21. The Bertz CT molecular complexity index is 799. The van der Waals surface area contributed by atoms with Gasteiger partial charge in [0.25, 0.3) is 0 Å². The molecule has 2 aromatic rings. The molecule has 2 N–H and O–H groups in total. The van der Waals surface area contributed by atoms with Crippen LogP contribution < -0.4 is 14.8 Å². The molecule has 5 nitrogen and oxygen atoms in total. The zero-order valence-electron chi connectivity index (χ0n) is 13.9. The van der Waals surface area contributed by atoms with Crippen molar-refractivity contribution in [2.24, 2.45) is 5.92 Å². The predicted octanol–water partition coefficient (Wildman–Crippen LogP) is 2.52. The minimum atomic E-state index is -3.54. The average molecular weight is 348 g/mol. The van der Waals surface area contributed by atoms with Gasteiger partial charge in [0.1, 0.15) is 5.75 Å². The number of nitrogens with one attached hydrogen (secondary N) is 2. The van der Waals surface area contributed by atoms with E-state index >= 15 is 0 Å². The van der Waals surface area contributed by atoms with Crippen molar-refractivity contribution in [3.63, 3.8) is 0 Å². The molecule has 0 saturated carbocycles. The van der Waals surface area contributed by atoms with E-state index in [-0.39, 0.29) is 0 Å². The number of fused-ring (bicyclic) bond motifs is 1. The van der Waals surface area contributed by atoms with Gasteiger partial charge in [0.05, 0.1) is 12.0 Å². The lowest BCUT2D eigenvalue weighted by molar-refractivity contribution is 0.358. The van der Waals surface area contributed by atoms with E-state index in [0.29, 0.717) is 28.5 Å². The Hall–Kier alpha value is -1.63. The molecule has 1 aliphatic heterocycles. The maximum absolute atomic E-state index is 12.7. The first-order valence-corrected chi connectivity index (χ1v) is 9.86. The van der Waals surface area contributed by atoms with Gasteiger partial charge < -0.3 is 10.1 Å². The Morgan fingerprint density at radius 1 is 1.21 bits per heavy atom. The molecule has 0 aromatic heterocycles. The van der Waals surface area contributed by atoms with Gasteiger partial charge >= 0.3 is 0 Å². The number of rotatable bonds is 6. The molecule has 24 heavy (non-hydrogen) atoms. The normalized spacial score (nSPS) is 18.6. The maximum atomic E-state index is 12.7. The number of sulfonamides is 1. The van der Waals surface area contributed by atoms with Crippen molar-refractivity contribution < 1.29 is 13.2 Å². The van der Waals surface area contributed by atoms with Crippen molar-refractivity contribution in [1.29, 1.82) is 0 Å². The minimum absolute atomic E-state index is 0.306. The van der Waals surface area contributed by atoms with Crippen molar-refractivity contribution in [2.45, 2.75) is 24.2 Å². The van der Waals surface area contributed by atoms with Crippen molar-refractivity contribution in [2.75, 3.05) is 26.7 Å². The molecule has 0 bridgehead atoms. The zero-order chi connectivity index (χ0) is 17.0. The van der Waals surface area contributed by atoms with Gasteiger partial charge in [0.15, 0.2) is 0 Å². The fourth-order valence-electron chi connectivity index (χ4n) is 3.30. The highest BCUT2D eigenvalue weighted by Gasteiger charge is 2.20. The highest BCUT2D eigenvalue weighted by Crippen LogP contribution is 2.30. The van der Waals surface area contributed by atoms with Crippen LogP contribution in [0.2, 0.25) is 0 Å². The van der Waals surface area contributed by atoms with E-state index in [2.05, 4.69) is 10.0 Å². The maximum Gasteiger partial charge on any atom is 0.241 e. The molecule has 2 aromatic carbocycles. The van der Waals surface area contributed by atoms with E-state index in [0.717, 1.165) is 24.9 Å². The van der Waals surface area contributed by atoms with Crippen LogP contribution in [0.15, 0.2) is 41.3 Å². The van der Waals surface area contributed by atoms with Crippen LogP contribution in [0.25, 0.3) is 10.8 Å². The summed E-state index contributed by atoms with van der Waals surface area (Å²) in [5.41, 5.74) is 0. The molecule has 1 atom stereocenters. The van der Waals surface area contributed by atoms with E-state index in [1.165, 1.54) is 12.8 Å². The van der Waals surface area contributed by atoms with Gasteiger partial charge in [-0.1, -0.05) is 24.3 Å². The summed E-state index contributed by atoms with van der Waals surface area (Å²) in [5.74, 6) is 1.23. The van der Waals surface area contributed by atoms with Crippen LogP contribution in [-0.4, -0.2) is 35.2 Å². The first kappa shape index (κ1) is 17.2. The summed E-state index contributed by atoms with van der Waals surface area (Å²) >= 11 is 0. The van der Waals surface area contributed by atoms with E-state index in [1.54, 1.807) is 19.2 Å². The number of hydrogen-bond donors (Lipinski definition) is 2. The fourth-order valence-corrected chi connectivity index (χ4v) is 4.56. The minimum Gasteiger partial charge on any atom is -0.496 e. The first-order valence-electron chi connectivity index (χ1n) is 8.38. The molecule has 6 heteroatoms. The Morgan fingerprint density at radius 2 is 2.00 bits per heavy atom. The van der Waals surface area contributed by atoms with Crippen molar-refractivity contribution in [3.05, 3.63) is 36.4 Å². The summed E-state index contributed by atoms with van der Waals surface area (Å²) in [5, 5.41) is 4.85. The smallest absolute Gasteiger partial charge is 0.241 e. The highest BCUT2D eigenvalue weighted by atomic mass is 32.2. The topological polar surface area (TPSA) is 67.4 Å². The lowest BCUT2D eigenvalue weighted by Gasteiger charge is -2.22. The molecule has 0 amide bonds. The third kappa shape index (κ3) is 3.71. The van der Waals surface area contributed by atoms with Crippen LogP contribution in [0, 0.1) is 5.92 Å². The molecule has 1 fully saturated rings. The lowest BCUT2D eigenvalue weighted by Crippen LogP contribution is -2.33. The van der Waals surface area contributed by atoms with Crippen LogP contribution in [0.4, 0.5) is 0 Å². The van der Waals surface area contributed by atoms with Gasteiger partial charge in [0, 0.05) is 17.3 Å². The first-order chi connectivity index (χ1) is 11.6. The summed E-state index contributed by atoms with van der Waals surface area (Å²) in [6, 6.07) is 10.7. The second kappa shape index (κ2) is 7.51. The molecule has 1 heterocycles. The monoisotopic (exact) mass is 348 g/mol. The Labute approximate surface area is 143 Å². The van der Waals surface area contributed by atoms with Crippen LogP contribution in [0.5, 0.6) is 5.75 Å². The second-order valence-corrected chi connectivity index (χ2v) is 7.95. The standard InChI is InChI=1S/C18H24N2O3S/c1-23-17-8-9-18(16-7-3-2-6-15(16)17)24(21,22)20-12-10-14-5-4-11-19-13-14/h2-3,6-9,14,19-20H,4-5,10-13H2,1H3. The SMILES string of the molecule is COc1ccc(S(=O)(=O)NCCC2CCCNC2)c2ccccc12. The third-order valence-electron chi connectivity index (χ3n) is 4.60. The largest absolute Gasteiger partial charge is 0.496 e. The van der Waals surface area contributed by atoms with Crippen LogP contribution in [0.1, 0.15) is 19.3 Å². The molecule has 0 spiro atoms. The van der Waals surface area contributed by atoms with E-state index in [9.17, 15) is 8.42 Å². The zero-order valence-corrected chi connectivity index (χ0v) is 14.7.